The van der Waals surface area contributed by atoms with Gasteiger partial charge in [0.25, 0.3) is 5.69 Å². The quantitative estimate of drug-likeness (QED) is 0.318. The maximum absolute atomic E-state index is 11.8. The van der Waals surface area contributed by atoms with Gasteiger partial charge in [-0.3, -0.25) is 19.7 Å². The highest BCUT2D eigenvalue weighted by Gasteiger charge is 2.40. The Kier molecular flexibility index (Phi) is 5.88. The van der Waals surface area contributed by atoms with E-state index in [-0.39, 0.29) is 36.4 Å². The summed E-state index contributed by atoms with van der Waals surface area (Å²) < 4.78 is 9.72. The molecule has 0 unspecified atom stereocenters. The fourth-order valence-corrected chi connectivity index (χ4v) is 2.30. The number of nitrogens with one attached hydrogen (secondary N) is 2. The highest BCUT2D eigenvalue weighted by atomic mass is 16.6. The summed E-state index contributed by atoms with van der Waals surface area (Å²) in [6, 6.07) is 4.71. The lowest BCUT2D eigenvalue weighted by Gasteiger charge is -2.36. The van der Waals surface area contributed by atoms with Gasteiger partial charge in [0.1, 0.15) is 12.6 Å². The lowest BCUT2D eigenvalue weighted by atomic mass is 9.96. The molecule has 0 aromatic heterocycles. The minimum Gasteiger partial charge on any atom is -0.466 e. The highest BCUT2D eigenvalue weighted by Crippen LogP contribution is 2.18. The standard InChI is InChI=1S/C15H17N3O7/c1-9(19)24-7-6-11-13(14(20)16-11)17-15(21)25-8-10-4-2-3-5-12(10)18(22)23/h2-5,11,13H,6-8H2,1H3,(H,16,20)(H,17,21)/t11-,13-/m1/s1. The Morgan fingerprint density at radius 1 is 1.32 bits per heavy atom. The van der Waals surface area contributed by atoms with E-state index in [9.17, 15) is 24.5 Å². The molecule has 0 saturated carbocycles. The normalized spacial score (nSPS) is 18.5. The first-order valence-electron chi connectivity index (χ1n) is 7.48. The lowest BCUT2D eigenvalue weighted by Crippen LogP contribution is -2.69. The molecule has 1 aliphatic heterocycles. The van der Waals surface area contributed by atoms with E-state index < -0.39 is 23.0 Å². The number of benzene rings is 1. The van der Waals surface area contributed by atoms with Gasteiger partial charge in [-0.2, -0.15) is 0 Å². The van der Waals surface area contributed by atoms with Crippen molar-refractivity contribution in [2.75, 3.05) is 6.61 Å². The van der Waals surface area contributed by atoms with Crippen LogP contribution in [0.1, 0.15) is 18.9 Å². The Bertz CT molecular complexity index is 691. The summed E-state index contributed by atoms with van der Waals surface area (Å²) >= 11 is 0. The molecule has 2 atom stereocenters. The van der Waals surface area contributed by atoms with Crippen molar-refractivity contribution < 1.29 is 28.8 Å². The molecule has 0 radical (unpaired) electrons. The number of β-lactam (4-membered cyclic amide) rings is 1. The number of amides is 2. The predicted octanol–water partition coefficient (Wildman–Crippen LogP) is 0.641. The van der Waals surface area contributed by atoms with E-state index in [1.165, 1.54) is 25.1 Å². The Labute approximate surface area is 142 Å². The zero-order chi connectivity index (χ0) is 18.4. The molecule has 134 valence electrons. The van der Waals surface area contributed by atoms with Crippen LogP contribution >= 0.6 is 0 Å². The van der Waals surface area contributed by atoms with Crippen LogP contribution in [0, 0.1) is 10.1 Å². The van der Waals surface area contributed by atoms with E-state index >= 15 is 0 Å². The van der Waals surface area contributed by atoms with Crippen molar-refractivity contribution in [2.45, 2.75) is 32.0 Å². The molecule has 1 aromatic rings. The number of carbonyl (C=O) groups is 3. The number of carbonyl (C=O) groups excluding carboxylic acids is 3. The van der Waals surface area contributed by atoms with Gasteiger partial charge < -0.3 is 20.1 Å². The molecule has 0 aliphatic carbocycles. The minimum absolute atomic E-state index is 0.115. The molecule has 2 amide bonds. The van der Waals surface area contributed by atoms with Crippen LogP contribution < -0.4 is 10.6 Å². The molecule has 1 saturated heterocycles. The van der Waals surface area contributed by atoms with E-state index in [1.807, 2.05) is 0 Å². The number of nitro groups is 1. The summed E-state index contributed by atoms with van der Waals surface area (Å²) in [6.45, 7) is 1.09. The van der Waals surface area contributed by atoms with Gasteiger partial charge >= 0.3 is 12.1 Å². The second-order valence-corrected chi connectivity index (χ2v) is 5.33. The number of hydrogen-bond acceptors (Lipinski definition) is 7. The van der Waals surface area contributed by atoms with Gasteiger partial charge in [-0.25, -0.2) is 4.79 Å². The fraction of sp³-hybridized carbons (Fsp3) is 0.400. The van der Waals surface area contributed by atoms with E-state index in [4.69, 9.17) is 9.47 Å². The van der Waals surface area contributed by atoms with E-state index in [0.717, 1.165) is 0 Å². The predicted molar refractivity (Wildman–Crippen MR) is 83.4 cm³/mol. The molecular weight excluding hydrogens is 334 g/mol. The first kappa shape index (κ1) is 18.2. The second-order valence-electron chi connectivity index (χ2n) is 5.33. The van der Waals surface area contributed by atoms with Crippen LogP contribution in [0.3, 0.4) is 0 Å². The Morgan fingerprint density at radius 2 is 2.04 bits per heavy atom. The molecule has 10 nitrogen and oxygen atoms in total. The van der Waals surface area contributed by atoms with Gasteiger partial charge in [0.05, 0.1) is 23.1 Å². The Morgan fingerprint density at radius 3 is 2.68 bits per heavy atom. The third-order valence-electron chi connectivity index (χ3n) is 3.57. The second kappa shape index (κ2) is 8.08. The van der Waals surface area contributed by atoms with Crippen LogP contribution in [0.4, 0.5) is 10.5 Å². The van der Waals surface area contributed by atoms with Gasteiger partial charge in [-0.05, 0) is 6.07 Å². The van der Waals surface area contributed by atoms with E-state index in [1.54, 1.807) is 6.07 Å². The van der Waals surface area contributed by atoms with Crippen LogP contribution in [-0.4, -0.2) is 41.6 Å². The van der Waals surface area contributed by atoms with Gasteiger partial charge in [-0.15, -0.1) is 0 Å². The molecule has 1 heterocycles. The Balaban J connectivity index is 1.82. The van der Waals surface area contributed by atoms with Crippen LogP contribution in [-0.2, 0) is 25.7 Å². The Hall–Kier alpha value is -3.17. The largest absolute Gasteiger partial charge is 0.466 e. The number of nitrogens with zero attached hydrogens (tertiary/aromatic N) is 1. The molecule has 2 N–H and O–H groups in total. The lowest BCUT2D eigenvalue weighted by molar-refractivity contribution is -0.385. The number of para-hydroxylation sites is 1. The van der Waals surface area contributed by atoms with Crippen molar-refractivity contribution in [1.82, 2.24) is 10.6 Å². The summed E-state index contributed by atoms with van der Waals surface area (Å²) in [6.07, 6.45) is -0.518. The number of rotatable bonds is 7. The summed E-state index contributed by atoms with van der Waals surface area (Å²) in [4.78, 5) is 44.3. The number of hydrogen-bond donors (Lipinski definition) is 2. The third kappa shape index (κ3) is 4.90. The third-order valence-corrected chi connectivity index (χ3v) is 3.57. The number of nitro benzene ring substituents is 1. The smallest absolute Gasteiger partial charge is 0.408 e. The average molecular weight is 351 g/mol. The monoisotopic (exact) mass is 351 g/mol. The van der Waals surface area contributed by atoms with Gasteiger partial charge in [0.15, 0.2) is 0 Å². The van der Waals surface area contributed by atoms with Crippen molar-refractivity contribution in [3.63, 3.8) is 0 Å². The van der Waals surface area contributed by atoms with E-state index in [2.05, 4.69) is 10.6 Å². The zero-order valence-corrected chi connectivity index (χ0v) is 13.4. The first-order valence-corrected chi connectivity index (χ1v) is 7.48. The van der Waals surface area contributed by atoms with Crippen molar-refractivity contribution in [2.24, 2.45) is 0 Å². The summed E-state index contributed by atoms with van der Waals surface area (Å²) in [5.41, 5.74) is 0.0862. The summed E-state index contributed by atoms with van der Waals surface area (Å²) in [7, 11) is 0. The highest BCUT2D eigenvalue weighted by molar-refractivity contribution is 5.92. The summed E-state index contributed by atoms with van der Waals surface area (Å²) in [5, 5.41) is 15.9. The molecule has 1 aliphatic rings. The van der Waals surface area contributed by atoms with E-state index in [0.29, 0.717) is 6.42 Å². The maximum Gasteiger partial charge on any atom is 0.408 e. The number of ether oxygens (including phenoxy) is 2. The van der Waals surface area contributed by atoms with Crippen molar-refractivity contribution >= 4 is 23.7 Å². The van der Waals surface area contributed by atoms with Crippen LogP contribution in [0.5, 0.6) is 0 Å². The zero-order valence-electron chi connectivity index (χ0n) is 13.4. The SMILES string of the molecule is CC(=O)OCC[C@H]1NC(=O)[C@@H]1NC(=O)OCc1ccccc1[N+](=O)[O-]. The molecule has 10 heteroatoms. The molecule has 25 heavy (non-hydrogen) atoms. The maximum atomic E-state index is 11.8. The number of esters is 1. The van der Waals surface area contributed by atoms with Crippen LogP contribution in [0.15, 0.2) is 24.3 Å². The minimum atomic E-state index is -0.865. The van der Waals surface area contributed by atoms with Crippen LogP contribution in [0.25, 0.3) is 0 Å². The average Bonchev–Trinajstić information content (AvgIpc) is 2.57. The topological polar surface area (TPSA) is 137 Å². The molecule has 0 spiro atoms. The van der Waals surface area contributed by atoms with Crippen LogP contribution in [0.2, 0.25) is 0 Å². The van der Waals surface area contributed by atoms with Gasteiger partial charge in [-0.1, -0.05) is 12.1 Å². The summed E-state index contributed by atoms with van der Waals surface area (Å²) in [5.74, 6) is -0.811. The molecule has 1 fully saturated rings. The molecular formula is C15H17N3O7. The van der Waals surface area contributed by atoms with Gasteiger partial charge in [0, 0.05) is 19.4 Å². The van der Waals surface area contributed by atoms with Crippen molar-refractivity contribution in [3.8, 4) is 0 Å². The first-order chi connectivity index (χ1) is 11.9. The van der Waals surface area contributed by atoms with Gasteiger partial charge in [0.2, 0.25) is 5.91 Å². The molecule has 0 bridgehead atoms. The van der Waals surface area contributed by atoms with Crippen molar-refractivity contribution in [3.05, 3.63) is 39.9 Å². The number of alkyl carbamates (subject to hydrolysis) is 1. The fourth-order valence-electron chi connectivity index (χ4n) is 2.30. The molecule has 1 aromatic carbocycles. The van der Waals surface area contributed by atoms with Crippen molar-refractivity contribution in [1.29, 1.82) is 0 Å². The molecule has 2 rings (SSSR count).